The fraction of sp³-hybridized carbons (Fsp3) is 0. The molecule has 1 N–H and O–H groups in total. The molecular weight excluding hydrogens is 213 g/mol. The molecule has 0 aliphatic rings. The van der Waals surface area contributed by atoms with Crippen molar-refractivity contribution < 1.29 is 26.1 Å². The molecule has 72 valence electrons. The zero-order chi connectivity index (χ0) is 10.2. The highest BCUT2D eigenvalue weighted by atomic mass is 32.2. The van der Waals surface area contributed by atoms with Crippen LogP contribution in [-0.2, 0) is 10.1 Å². The summed E-state index contributed by atoms with van der Waals surface area (Å²) in [6.45, 7) is 0. The molecule has 0 aliphatic heterocycles. The predicted molar refractivity (Wildman–Crippen MR) is 31.7 cm³/mol. The summed E-state index contributed by atoms with van der Waals surface area (Å²) >= 11 is 0. The van der Waals surface area contributed by atoms with Gasteiger partial charge in [0, 0.05) is 0 Å². The normalized spacial score (nSPS) is 11.7. The molecule has 13 heavy (non-hydrogen) atoms. The molecule has 0 spiro atoms. The lowest BCUT2D eigenvalue weighted by Gasteiger charge is -1.96. The fourth-order valence-corrected chi connectivity index (χ4v) is 0.883. The number of halogens is 3. The van der Waals surface area contributed by atoms with E-state index in [0.717, 1.165) is 0 Å². The molecule has 0 saturated heterocycles. The Balaban J connectivity index is 3.47. The second-order valence-electron chi connectivity index (χ2n) is 1.88. The average molecular weight is 214 g/mol. The summed E-state index contributed by atoms with van der Waals surface area (Å²) in [7, 11) is -4.93. The standard InChI is InChI=1S/C4HF3N2O3S/c5-1-2(6)8-4(9-3(1)7)13(10,11)12/h(H,10,11,12). The van der Waals surface area contributed by atoms with Gasteiger partial charge in [-0.25, -0.2) is 0 Å². The topological polar surface area (TPSA) is 80.2 Å². The Hall–Kier alpha value is -1.22. The second-order valence-corrected chi connectivity index (χ2v) is 3.19. The van der Waals surface area contributed by atoms with Crippen molar-refractivity contribution in [3.05, 3.63) is 17.7 Å². The van der Waals surface area contributed by atoms with Gasteiger partial charge in [0.05, 0.1) is 0 Å². The van der Waals surface area contributed by atoms with Crippen molar-refractivity contribution in [2.75, 3.05) is 0 Å². The highest BCUT2D eigenvalue weighted by molar-refractivity contribution is 7.85. The quantitative estimate of drug-likeness (QED) is 0.408. The average Bonchev–Trinajstić information content (AvgIpc) is 1.97. The molecule has 0 unspecified atom stereocenters. The summed E-state index contributed by atoms with van der Waals surface area (Å²) in [6, 6.07) is 0. The van der Waals surface area contributed by atoms with Crippen LogP contribution in [0.25, 0.3) is 0 Å². The molecule has 0 fully saturated rings. The molecule has 5 nitrogen and oxygen atoms in total. The fourth-order valence-electron chi connectivity index (χ4n) is 0.492. The Morgan fingerprint density at radius 1 is 1.08 bits per heavy atom. The third-order valence-electron chi connectivity index (χ3n) is 0.981. The van der Waals surface area contributed by atoms with Crippen LogP contribution in [0, 0.1) is 17.7 Å². The SMILES string of the molecule is O=S(=O)(O)c1nc(F)c(F)c(F)n1. The first-order chi connectivity index (χ1) is 5.82. The Morgan fingerprint density at radius 3 is 1.77 bits per heavy atom. The molecule has 9 heteroatoms. The van der Waals surface area contributed by atoms with E-state index in [-0.39, 0.29) is 0 Å². The zero-order valence-electron chi connectivity index (χ0n) is 5.70. The van der Waals surface area contributed by atoms with Gasteiger partial charge in [-0.3, -0.25) is 4.55 Å². The zero-order valence-corrected chi connectivity index (χ0v) is 6.52. The number of hydrogen-bond acceptors (Lipinski definition) is 4. The van der Waals surface area contributed by atoms with Gasteiger partial charge in [0.2, 0.25) is 5.82 Å². The number of rotatable bonds is 1. The van der Waals surface area contributed by atoms with E-state index in [1.807, 2.05) is 0 Å². The van der Waals surface area contributed by atoms with Gasteiger partial charge < -0.3 is 0 Å². The van der Waals surface area contributed by atoms with Crippen LogP contribution in [-0.4, -0.2) is 22.9 Å². The molecule has 1 rings (SSSR count). The van der Waals surface area contributed by atoms with Crippen LogP contribution in [0.4, 0.5) is 13.2 Å². The van der Waals surface area contributed by atoms with Crippen molar-refractivity contribution in [2.24, 2.45) is 0 Å². The van der Waals surface area contributed by atoms with E-state index in [1.54, 1.807) is 0 Å². The van der Waals surface area contributed by atoms with Gasteiger partial charge in [-0.1, -0.05) is 0 Å². The van der Waals surface area contributed by atoms with E-state index in [4.69, 9.17) is 4.55 Å². The highest BCUT2D eigenvalue weighted by Crippen LogP contribution is 2.09. The van der Waals surface area contributed by atoms with E-state index < -0.39 is 33.0 Å². The van der Waals surface area contributed by atoms with Crippen molar-refractivity contribution in [1.82, 2.24) is 9.97 Å². The first kappa shape index (κ1) is 9.86. The summed E-state index contributed by atoms with van der Waals surface area (Å²) in [4.78, 5) is 4.75. The molecule has 1 aromatic heterocycles. The van der Waals surface area contributed by atoms with E-state index >= 15 is 0 Å². The van der Waals surface area contributed by atoms with Gasteiger partial charge in [-0.2, -0.15) is 31.6 Å². The van der Waals surface area contributed by atoms with Gasteiger partial charge in [0.1, 0.15) is 0 Å². The third-order valence-corrected chi connectivity index (χ3v) is 1.62. The van der Waals surface area contributed by atoms with Crippen LogP contribution in [0.5, 0.6) is 0 Å². The Morgan fingerprint density at radius 2 is 1.46 bits per heavy atom. The largest absolute Gasteiger partial charge is 0.330 e. The van der Waals surface area contributed by atoms with Gasteiger partial charge >= 0.3 is 10.1 Å². The smallest absolute Gasteiger partial charge is 0.279 e. The summed E-state index contributed by atoms with van der Waals surface area (Å²) in [5.41, 5.74) is 0. The van der Waals surface area contributed by atoms with Gasteiger partial charge in [0.25, 0.3) is 17.1 Å². The van der Waals surface area contributed by atoms with Gasteiger partial charge in [-0.15, -0.1) is 0 Å². The number of nitrogens with zero attached hydrogens (tertiary/aromatic N) is 2. The maximum absolute atomic E-state index is 12.2. The Kier molecular flexibility index (Phi) is 2.22. The minimum atomic E-state index is -4.93. The summed E-state index contributed by atoms with van der Waals surface area (Å²) in [5, 5.41) is -1.52. The van der Waals surface area contributed by atoms with Crippen molar-refractivity contribution in [3.63, 3.8) is 0 Å². The summed E-state index contributed by atoms with van der Waals surface area (Å²) in [6.07, 6.45) is 0. The number of aromatic nitrogens is 2. The van der Waals surface area contributed by atoms with Crippen molar-refractivity contribution in [3.8, 4) is 0 Å². The maximum atomic E-state index is 12.2. The van der Waals surface area contributed by atoms with Crippen molar-refractivity contribution >= 4 is 10.1 Å². The lowest BCUT2D eigenvalue weighted by atomic mass is 10.6. The Labute approximate surface area is 70.0 Å². The second kappa shape index (κ2) is 2.92. The molecule has 0 aromatic carbocycles. The molecule has 1 heterocycles. The third kappa shape index (κ3) is 1.92. The van der Waals surface area contributed by atoms with E-state index in [1.165, 1.54) is 0 Å². The highest BCUT2D eigenvalue weighted by Gasteiger charge is 2.21. The van der Waals surface area contributed by atoms with E-state index in [0.29, 0.717) is 0 Å². The van der Waals surface area contributed by atoms with Crippen LogP contribution < -0.4 is 0 Å². The first-order valence-corrected chi connectivity index (χ1v) is 4.12. The molecule has 0 amide bonds. The predicted octanol–water partition coefficient (Wildman–Crippen LogP) is 0.141. The van der Waals surface area contributed by atoms with Crippen LogP contribution in [0.15, 0.2) is 5.16 Å². The lowest BCUT2D eigenvalue weighted by Crippen LogP contribution is -2.10. The summed E-state index contributed by atoms with van der Waals surface area (Å²) < 4.78 is 65.3. The first-order valence-electron chi connectivity index (χ1n) is 2.68. The van der Waals surface area contributed by atoms with E-state index in [2.05, 4.69) is 9.97 Å². The van der Waals surface area contributed by atoms with Crippen molar-refractivity contribution in [1.29, 1.82) is 0 Å². The summed E-state index contributed by atoms with van der Waals surface area (Å²) in [5.74, 6) is -5.98. The van der Waals surface area contributed by atoms with Crippen LogP contribution in [0.1, 0.15) is 0 Å². The molecule has 0 bridgehead atoms. The van der Waals surface area contributed by atoms with E-state index in [9.17, 15) is 21.6 Å². The van der Waals surface area contributed by atoms with Crippen LogP contribution in [0.3, 0.4) is 0 Å². The van der Waals surface area contributed by atoms with Gasteiger partial charge in [-0.05, 0) is 0 Å². The molecule has 0 atom stereocenters. The molecular formula is C4HF3N2O3S. The number of hydrogen-bond donors (Lipinski definition) is 1. The molecule has 1 aromatic rings. The molecule has 0 radical (unpaired) electrons. The van der Waals surface area contributed by atoms with Crippen LogP contribution in [0.2, 0.25) is 0 Å². The van der Waals surface area contributed by atoms with Crippen LogP contribution >= 0.6 is 0 Å². The van der Waals surface area contributed by atoms with Gasteiger partial charge in [0.15, 0.2) is 0 Å². The maximum Gasteiger partial charge on any atom is 0.330 e. The minimum absolute atomic E-state index is 1.52. The minimum Gasteiger partial charge on any atom is -0.279 e. The molecule has 0 saturated carbocycles. The lowest BCUT2D eigenvalue weighted by molar-refractivity contribution is 0.382. The van der Waals surface area contributed by atoms with Crippen molar-refractivity contribution in [2.45, 2.75) is 5.16 Å². The monoisotopic (exact) mass is 214 g/mol. The Bertz CT molecular complexity index is 423. The molecule has 0 aliphatic carbocycles.